The van der Waals surface area contributed by atoms with Crippen molar-refractivity contribution in [3.63, 3.8) is 0 Å². The van der Waals surface area contributed by atoms with Gasteiger partial charge in [0, 0.05) is 11.8 Å². The number of para-hydroxylation sites is 1. The Balaban J connectivity index is 2.26. The van der Waals surface area contributed by atoms with Gasteiger partial charge in [0.15, 0.2) is 0 Å². The molecule has 2 aromatic rings. The predicted octanol–water partition coefficient (Wildman–Crippen LogP) is 3.62. The first kappa shape index (κ1) is 10.6. The Morgan fingerprint density at radius 3 is 2.62 bits per heavy atom. The van der Waals surface area contributed by atoms with Gasteiger partial charge < -0.3 is 10.5 Å². The number of benzene rings is 2. The van der Waals surface area contributed by atoms with Crippen LogP contribution >= 0.6 is 0 Å². The number of hydrogen-bond acceptors (Lipinski definition) is 2. The molecule has 0 heterocycles. The molecule has 16 heavy (non-hydrogen) atoms. The molecule has 0 unspecified atom stereocenters. The van der Waals surface area contributed by atoms with Gasteiger partial charge in [-0.2, -0.15) is 0 Å². The maximum absolute atomic E-state index is 5.80. The molecule has 0 aliphatic carbocycles. The Hall–Kier alpha value is -1.96. The van der Waals surface area contributed by atoms with Crippen molar-refractivity contribution in [1.82, 2.24) is 0 Å². The van der Waals surface area contributed by atoms with Gasteiger partial charge in [0.05, 0.1) is 0 Å². The Morgan fingerprint density at radius 1 is 1.06 bits per heavy atom. The van der Waals surface area contributed by atoms with Crippen molar-refractivity contribution in [1.29, 1.82) is 0 Å². The highest BCUT2D eigenvalue weighted by Gasteiger charge is 2.02. The van der Waals surface area contributed by atoms with Crippen molar-refractivity contribution in [3.05, 3.63) is 54.1 Å². The van der Waals surface area contributed by atoms with Crippen molar-refractivity contribution < 1.29 is 4.74 Å². The molecule has 2 aromatic carbocycles. The van der Waals surface area contributed by atoms with Crippen LogP contribution in [0.3, 0.4) is 0 Å². The second-order valence-corrected chi connectivity index (χ2v) is 3.64. The van der Waals surface area contributed by atoms with Crippen molar-refractivity contribution in [3.8, 4) is 11.5 Å². The van der Waals surface area contributed by atoms with Gasteiger partial charge in [0.2, 0.25) is 0 Å². The smallest absolute Gasteiger partial charge is 0.130 e. The molecule has 0 spiro atoms. The van der Waals surface area contributed by atoms with Crippen molar-refractivity contribution in [2.45, 2.75) is 13.3 Å². The standard InChI is InChI=1S/C14H15NO/c1-2-11-6-3-4-9-14(11)16-13-8-5-7-12(15)10-13/h3-10H,2,15H2,1H3. The third kappa shape index (κ3) is 2.34. The summed E-state index contributed by atoms with van der Waals surface area (Å²) in [5, 5.41) is 0. The minimum Gasteiger partial charge on any atom is -0.457 e. The Labute approximate surface area is 95.7 Å². The maximum Gasteiger partial charge on any atom is 0.130 e. The molecule has 0 fully saturated rings. The number of ether oxygens (including phenoxy) is 1. The van der Waals surface area contributed by atoms with Crippen LogP contribution in [-0.4, -0.2) is 0 Å². The summed E-state index contributed by atoms with van der Waals surface area (Å²) in [7, 11) is 0. The zero-order chi connectivity index (χ0) is 11.4. The second-order valence-electron chi connectivity index (χ2n) is 3.64. The minimum absolute atomic E-state index is 0.714. The molecule has 2 heteroatoms. The lowest BCUT2D eigenvalue weighted by Gasteiger charge is -2.09. The topological polar surface area (TPSA) is 35.2 Å². The van der Waals surface area contributed by atoms with Gasteiger partial charge in [-0.25, -0.2) is 0 Å². The maximum atomic E-state index is 5.80. The lowest BCUT2D eigenvalue weighted by Crippen LogP contribution is -1.91. The Bertz CT molecular complexity index is 480. The van der Waals surface area contributed by atoms with Crippen LogP contribution in [-0.2, 0) is 6.42 Å². The zero-order valence-corrected chi connectivity index (χ0v) is 9.31. The number of nitrogen functional groups attached to an aromatic ring is 1. The number of anilines is 1. The summed E-state index contributed by atoms with van der Waals surface area (Å²) in [5.74, 6) is 1.68. The van der Waals surface area contributed by atoms with E-state index >= 15 is 0 Å². The van der Waals surface area contributed by atoms with Crippen molar-refractivity contribution in [2.75, 3.05) is 5.73 Å². The summed E-state index contributed by atoms with van der Waals surface area (Å²) >= 11 is 0. The SMILES string of the molecule is CCc1ccccc1Oc1cccc(N)c1. The van der Waals surface area contributed by atoms with E-state index in [0.717, 1.165) is 17.9 Å². The molecule has 0 aliphatic heterocycles. The van der Waals surface area contributed by atoms with E-state index in [1.807, 2.05) is 42.5 Å². The van der Waals surface area contributed by atoms with Gasteiger partial charge in [0.1, 0.15) is 11.5 Å². The fraction of sp³-hybridized carbons (Fsp3) is 0.143. The van der Waals surface area contributed by atoms with E-state index in [9.17, 15) is 0 Å². The summed E-state index contributed by atoms with van der Waals surface area (Å²) in [5.41, 5.74) is 7.62. The van der Waals surface area contributed by atoms with Gasteiger partial charge in [-0.05, 0) is 30.2 Å². The Morgan fingerprint density at radius 2 is 1.88 bits per heavy atom. The zero-order valence-electron chi connectivity index (χ0n) is 9.31. The fourth-order valence-corrected chi connectivity index (χ4v) is 1.60. The monoisotopic (exact) mass is 213 g/mol. The number of hydrogen-bond donors (Lipinski definition) is 1. The van der Waals surface area contributed by atoms with E-state index in [-0.39, 0.29) is 0 Å². The molecule has 0 aliphatic rings. The molecule has 0 atom stereocenters. The molecule has 0 saturated carbocycles. The number of rotatable bonds is 3. The second kappa shape index (κ2) is 4.71. The van der Waals surface area contributed by atoms with Crippen molar-refractivity contribution in [2.24, 2.45) is 0 Å². The van der Waals surface area contributed by atoms with Crippen LogP contribution in [0.1, 0.15) is 12.5 Å². The molecule has 2 nitrogen and oxygen atoms in total. The molecular formula is C14H15NO. The average molecular weight is 213 g/mol. The molecular weight excluding hydrogens is 198 g/mol. The van der Waals surface area contributed by atoms with E-state index in [1.165, 1.54) is 5.56 Å². The summed E-state index contributed by atoms with van der Waals surface area (Å²) in [4.78, 5) is 0. The first-order valence-corrected chi connectivity index (χ1v) is 5.41. The lowest BCUT2D eigenvalue weighted by molar-refractivity contribution is 0.477. The summed E-state index contributed by atoms with van der Waals surface area (Å²) in [6.45, 7) is 2.11. The third-order valence-electron chi connectivity index (χ3n) is 2.44. The molecule has 0 bridgehead atoms. The van der Waals surface area contributed by atoms with E-state index in [1.54, 1.807) is 0 Å². The molecule has 0 amide bonds. The predicted molar refractivity (Wildman–Crippen MR) is 66.7 cm³/mol. The first-order chi connectivity index (χ1) is 7.79. The van der Waals surface area contributed by atoms with Crippen LogP contribution in [0, 0.1) is 0 Å². The third-order valence-corrected chi connectivity index (χ3v) is 2.44. The van der Waals surface area contributed by atoms with E-state index < -0.39 is 0 Å². The minimum atomic E-state index is 0.714. The lowest BCUT2D eigenvalue weighted by atomic mass is 10.1. The fourth-order valence-electron chi connectivity index (χ4n) is 1.60. The summed E-state index contributed by atoms with van der Waals surface area (Å²) < 4.78 is 5.80. The van der Waals surface area contributed by atoms with E-state index in [0.29, 0.717) is 5.69 Å². The summed E-state index contributed by atoms with van der Waals surface area (Å²) in [6, 6.07) is 15.5. The quantitative estimate of drug-likeness (QED) is 0.790. The molecule has 2 rings (SSSR count). The van der Waals surface area contributed by atoms with Gasteiger partial charge in [-0.15, -0.1) is 0 Å². The van der Waals surface area contributed by atoms with E-state index in [4.69, 9.17) is 10.5 Å². The molecule has 0 radical (unpaired) electrons. The largest absolute Gasteiger partial charge is 0.457 e. The molecule has 0 aromatic heterocycles. The van der Waals surface area contributed by atoms with Crippen LogP contribution in [0.4, 0.5) is 5.69 Å². The molecule has 0 saturated heterocycles. The highest BCUT2D eigenvalue weighted by Crippen LogP contribution is 2.26. The van der Waals surface area contributed by atoms with Crippen LogP contribution in [0.2, 0.25) is 0 Å². The van der Waals surface area contributed by atoms with Crippen LogP contribution in [0.15, 0.2) is 48.5 Å². The average Bonchev–Trinajstić information content (AvgIpc) is 2.30. The van der Waals surface area contributed by atoms with Gasteiger partial charge >= 0.3 is 0 Å². The number of nitrogens with two attached hydrogens (primary N) is 1. The van der Waals surface area contributed by atoms with Gasteiger partial charge in [-0.1, -0.05) is 31.2 Å². The number of aryl methyl sites for hydroxylation is 1. The Kier molecular flexibility index (Phi) is 3.10. The molecule has 82 valence electrons. The normalized spacial score (nSPS) is 10.1. The van der Waals surface area contributed by atoms with Crippen molar-refractivity contribution >= 4 is 5.69 Å². The highest BCUT2D eigenvalue weighted by molar-refractivity contribution is 5.46. The van der Waals surface area contributed by atoms with Crippen LogP contribution in [0.25, 0.3) is 0 Å². The van der Waals surface area contributed by atoms with Crippen LogP contribution < -0.4 is 10.5 Å². The van der Waals surface area contributed by atoms with Gasteiger partial charge in [-0.3, -0.25) is 0 Å². The van der Waals surface area contributed by atoms with Crippen LogP contribution in [0.5, 0.6) is 11.5 Å². The summed E-state index contributed by atoms with van der Waals surface area (Å²) in [6.07, 6.45) is 0.957. The first-order valence-electron chi connectivity index (χ1n) is 5.41. The van der Waals surface area contributed by atoms with E-state index in [2.05, 4.69) is 13.0 Å². The van der Waals surface area contributed by atoms with Gasteiger partial charge in [0.25, 0.3) is 0 Å². The highest BCUT2D eigenvalue weighted by atomic mass is 16.5. The molecule has 2 N–H and O–H groups in total.